The second-order valence-corrected chi connectivity index (χ2v) is 9.48. The highest BCUT2D eigenvalue weighted by Gasteiger charge is 2.71. The summed E-state index contributed by atoms with van der Waals surface area (Å²) in [4.78, 5) is 25.5. The molecular weight excluding hydrogens is 530 g/mol. The summed E-state index contributed by atoms with van der Waals surface area (Å²) >= 11 is 0. The SMILES string of the molecule is C=C(C(=O)N(C)CCCCCCOc1c(CCC)cc(C(O)(C(F)(F)F)C(F)(F)F)cc1CCC)N(C)C=O. The summed E-state index contributed by atoms with van der Waals surface area (Å²) in [6.07, 6.45) is -7.48. The van der Waals surface area contributed by atoms with Gasteiger partial charge in [0.25, 0.3) is 11.5 Å². The zero-order chi connectivity index (χ0) is 30.0. The molecule has 0 unspecified atom stereocenters. The van der Waals surface area contributed by atoms with Crippen molar-refractivity contribution in [1.29, 1.82) is 0 Å². The zero-order valence-electron chi connectivity index (χ0n) is 22.8. The highest BCUT2D eigenvalue weighted by atomic mass is 19.4. The average molecular weight is 569 g/mol. The van der Waals surface area contributed by atoms with Crippen molar-refractivity contribution in [2.75, 3.05) is 27.2 Å². The molecule has 1 aromatic rings. The van der Waals surface area contributed by atoms with Crippen molar-refractivity contribution in [3.05, 3.63) is 41.1 Å². The van der Waals surface area contributed by atoms with Gasteiger partial charge in [-0.3, -0.25) is 9.59 Å². The van der Waals surface area contributed by atoms with E-state index in [0.29, 0.717) is 45.1 Å². The predicted molar refractivity (Wildman–Crippen MR) is 135 cm³/mol. The van der Waals surface area contributed by atoms with Crippen LogP contribution >= 0.6 is 0 Å². The molecule has 222 valence electrons. The quantitative estimate of drug-likeness (QED) is 0.117. The van der Waals surface area contributed by atoms with Crippen LogP contribution in [-0.2, 0) is 28.0 Å². The standard InChI is InChI=1S/C27H38F6N2O4/c1-6-12-20-16-22(25(38,26(28,29)30)27(31,32)33)17-21(13-7-2)23(20)39-15-11-9-8-10-14-34(4)24(37)19(3)35(5)18-36/h16-18,38H,3,6-15H2,1-2,4-5H3. The van der Waals surface area contributed by atoms with Gasteiger partial charge in [0.15, 0.2) is 0 Å². The number of amides is 2. The van der Waals surface area contributed by atoms with Gasteiger partial charge < -0.3 is 19.6 Å². The van der Waals surface area contributed by atoms with E-state index in [-0.39, 0.29) is 47.9 Å². The van der Waals surface area contributed by atoms with Gasteiger partial charge in [0.2, 0.25) is 6.41 Å². The van der Waals surface area contributed by atoms with Crippen molar-refractivity contribution in [3.63, 3.8) is 0 Å². The molecule has 0 aromatic heterocycles. The van der Waals surface area contributed by atoms with Crippen LogP contribution in [0.1, 0.15) is 69.1 Å². The van der Waals surface area contributed by atoms with Crippen LogP contribution in [0.25, 0.3) is 0 Å². The molecule has 0 aliphatic heterocycles. The lowest BCUT2D eigenvalue weighted by molar-refractivity contribution is -0.376. The summed E-state index contributed by atoms with van der Waals surface area (Å²) in [5.41, 5.74) is -5.83. The Morgan fingerprint density at radius 3 is 1.87 bits per heavy atom. The fraction of sp³-hybridized carbons (Fsp3) is 0.630. The van der Waals surface area contributed by atoms with E-state index in [1.165, 1.54) is 11.9 Å². The van der Waals surface area contributed by atoms with Gasteiger partial charge in [0, 0.05) is 26.2 Å². The Kier molecular flexibility index (Phi) is 12.8. The summed E-state index contributed by atoms with van der Waals surface area (Å²) in [5, 5.41) is 9.93. The summed E-state index contributed by atoms with van der Waals surface area (Å²) in [5.74, 6) is -0.108. The number of carbonyl (C=O) groups excluding carboxylic acids is 2. The van der Waals surface area contributed by atoms with Gasteiger partial charge in [-0.15, -0.1) is 0 Å². The van der Waals surface area contributed by atoms with Crippen LogP contribution in [0.5, 0.6) is 5.75 Å². The number of hydrogen-bond donors (Lipinski definition) is 1. The number of rotatable bonds is 16. The molecule has 0 bridgehead atoms. The van der Waals surface area contributed by atoms with Crippen LogP contribution in [0, 0.1) is 0 Å². The van der Waals surface area contributed by atoms with Crippen molar-refractivity contribution in [2.24, 2.45) is 0 Å². The maximum Gasteiger partial charge on any atom is 0.430 e. The van der Waals surface area contributed by atoms with Gasteiger partial charge >= 0.3 is 12.4 Å². The fourth-order valence-corrected chi connectivity index (χ4v) is 4.06. The van der Waals surface area contributed by atoms with E-state index in [4.69, 9.17) is 4.74 Å². The van der Waals surface area contributed by atoms with E-state index in [9.17, 15) is 41.0 Å². The maximum atomic E-state index is 13.5. The van der Waals surface area contributed by atoms with Crippen molar-refractivity contribution in [1.82, 2.24) is 9.80 Å². The number of likely N-dealkylation sites (N-methyl/N-ethyl adjacent to an activating group) is 2. The molecule has 1 rings (SSSR count). The van der Waals surface area contributed by atoms with E-state index in [0.717, 1.165) is 23.5 Å². The molecule has 0 aliphatic carbocycles. The Bertz CT molecular complexity index is 937. The van der Waals surface area contributed by atoms with Gasteiger partial charge in [-0.1, -0.05) is 46.1 Å². The van der Waals surface area contributed by atoms with Crippen LogP contribution < -0.4 is 4.74 Å². The lowest BCUT2D eigenvalue weighted by Crippen LogP contribution is -2.54. The van der Waals surface area contributed by atoms with Gasteiger partial charge in [-0.2, -0.15) is 26.3 Å². The Morgan fingerprint density at radius 1 is 0.949 bits per heavy atom. The molecule has 0 saturated heterocycles. The first-order valence-corrected chi connectivity index (χ1v) is 12.8. The third-order valence-corrected chi connectivity index (χ3v) is 6.33. The molecule has 39 heavy (non-hydrogen) atoms. The number of benzene rings is 1. The minimum Gasteiger partial charge on any atom is -0.493 e. The molecule has 0 aliphatic rings. The summed E-state index contributed by atoms with van der Waals surface area (Å²) in [6, 6.07) is 1.50. The van der Waals surface area contributed by atoms with Crippen LogP contribution in [0.3, 0.4) is 0 Å². The number of aryl methyl sites for hydroxylation is 2. The lowest BCUT2D eigenvalue weighted by Gasteiger charge is -2.33. The third kappa shape index (κ3) is 8.61. The molecule has 0 atom stereocenters. The molecule has 2 amide bonds. The fourth-order valence-electron chi connectivity index (χ4n) is 4.06. The van der Waals surface area contributed by atoms with Crippen LogP contribution in [0.4, 0.5) is 26.3 Å². The highest BCUT2D eigenvalue weighted by molar-refractivity contribution is 5.93. The summed E-state index contributed by atoms with van der Waals surface area (Å²) in [7, 11) is 3.03. The second-order valence-electron chi connectivity index (χ2n) is 9.48. The van der Waals surface area contributed by atoms with Gasteiger partial charge in [-0.25, -0.2) is 0 Å². The number of carbonyl (C=O) groups is 2. The molecule has 1 N–H and O–H groups in total. The molecule has 0 saturated carbocycles. The molecule has 6 nitrogen and oxygen atoms in total. The number of nitrogens with zero attached hydrogens (tertiary/aromatic N) is 2. The third-order valence-electron chi connectivity index (χ3n) is 6.33. The molecule has 0 spiro atoms. The smallest absolute Gasteiger partial charge is 0.430 e. The normalized spacial score (nSPS) is 12.3. The first-order valence-electron chi connectivity index (χ1n) is 12.8. The van der Waals surface area contributed by atoms with E-state index in [1.54, 1.807) is 20.9 Å². The number of halogens is 6. The molecule has 0 radical (unpaired) electrons. The second kappa shape index (κ2) is 14.6. The minimum absolute atomic E-state index is 0.0570. The topological polar surface area (TPSA) is 70.1 Å². The van der Waals surface area contributed by atoms with Crippen molar-refractivity contribution in [3.8, 4) is 5.75 Å². The zero-order valence-corrected chi connectivity index (χ0v) is 22.8. The van der Waals surface area contributed by atoms with E-state index in [1.807, 2.05) is 0 Å². The van der Waals surface area contributed by atoms with Gasteiger partial charge in [-0.05, 0) is 48.9 Å². The first-order chi connectivity index (χ1) is 18.1. The Morgan fingerprint density at radius 2 is 1.44 bits per heavy atom. The van der Waals surface area contributed by atoms with Crippen molar-refractivity contribution < 1.29 is 45.8 Å². The highest BCUT2D eigenvalue weighted by Crippen LogP contribution is 2.51. The van der Waals surface area contributed by atoms with Crippen LogP contribution in [0.2, 0.25) is 0 Å². The number of unbranched alkanes of at least 4 members (excludes halogenated alkanes) is 3. The minimum atomic E-state index is -5.96. The largest absolute Gasteiger partial charge is 0.493 e. The van der Waals surface area contributed by atoms with Crippen molar-refractivity contribution in [2.45, 2.75) is 83.2 Å². The first kappa shape index (κ1) is 34.3. The molecule has 12 heteroatoms. The molecular formula is C27H38F6N2O4. The Hall–Kier alpha value is -2.76. The van der Waals surface area contributed by atoms with E-state index >= 15 is 0 Å². The summed E-state index contributed by atoms with van der Waals surface area (Å²) < 4.78 is 87.0. The Balaban J connectivity index is 2.93. The van der Waals surface area contributed by atoms with E-state index in [2.05, 4.69) is 6.58 Å². The monoisotopic (exact) mass is 568 g/mol. The van der Waals surface area contributed by atoms with Crippen molar-refractivity contribution >= 4 is 12.3 Å². The van der Waals surface area contributed by atoms with Crippen LogP contribution in [0.15, 0.2) is 24.4 Å². The predicted octanol–water partition coefficient (Wildman–Crippen LogP) is 5.90. The molecule has 0 heterocycles. The Labute approximate surface area is 225 Å². The average Bonchev–Trinajstić information content (AvgIpc) is 2.85. The van der Waals surface area contributed by atoms with Gasteiger partial charge in [0.05, 0.1) is 6.61 Å². The summed E-state index contributed by atoms with van der Waals surface area (Å²) in [6.45, 7) is 7.71. The number of aliphatic hydroxyl groups is 1. The maximum absolute atomic E-state index is 13.5. The lowest BCUT2D eigenvalue weighted by atomic mass is 9.87. The molecule has 1 aromatic carbocycles. The number of alkyl halides is 6. The number of ether oxygens (including phenoxy) is 1. The molecule has 0 fully saturated rings. The number of hydrogen-bond acceptors (Lipinski definition) is 4. The van der Waals surface area contributed by atoms with Crippen LogP contribution in [-0.4, -0.2) is 66.8 Å². The van der Waals surface area contributed by atoms with E-state index < -0.39 is 23.5 Å². The van der Waals surface area contributed by atoms with Gasteiger partial charge in [0.1, 0.15) is 11.4 Å².